The molecule has 1 aliphatic heterocycles. The van der Waals surface area contributed by atoms with Crippen molar-refractivity contribution in [3.05, 3.63) is 64.5 Å². The van der Waals surface area contributed by atoms with E-state index in [1.165, 1.54) is 35.7 Å². The van der Waals surface area contributed by atoms with Gasteiger partial charge in [-0.05, 0) is 87.0 Å². The van der Waals surface area contributed by atoms with E-state index in [-0.39, 0.29) is 0 Å². The fourth-order valence-electron chi connectivity index (χ4n) is 5.03. The van der Waals surface area contributed by atoms with E-state index in [1.54, 1.807) is 32.0 Å². The lowest BCUT2D eigenvalue weighted by molar-refractivity contribution is 0.0740. The van der Waals surface area contributed by atoms with E-state index in [1.807, 2.05) is 0 Å². The Labute approximate surface area is 199 Å². The molecule has 0 fully saturated rings. The maximum absolute atomic E-state index is 10.3. The molecule has 0 saturated carbocycles. The molecule has 8 heteroatoms. The molecule has 0 bridgehead atoms. The van der Waals surface area contributed by atoms with Crippen LogP contribution in [0.25, 0.3) is 0 Å². The number of anilines is 4. The van der Waals surface area contributed by atoms with E-state index < -0.39 is 5.60 Å². The summed E-state index contributed by atoms with van der Waals surface area (Å²) in [4.78, 5) is 15.8. The van der Waals surface area contributed by atoms with Crippen LogP contribution in [-0.4, -0.2) is 38.6 Å². The number of benzene rings is 1. The number of pyridine rings is 1. The Balaban J connectivity index is 1.44. The van der Waals surface area contributed by atoms with Crippen LogP contribution in [0, 0.1) is 11.3 Å². The Morgan fingerprint density at radius 1 is 1.18 bits per heavy atom. The fourth-order valence-corrected chi connectivity index (χ4v) is 5.03. The molecule has 0 spiro atoms. The summed E-state index contributed by atoms with van der Waals surface area (Å²) in [6.45, 7) is 5.43. The highest BCUT2D eigenvalue weighted by Crippen LogP contribution is 2.40. The number of hydrogen-bond donors (Lipinski definition) is 3. The summed E-state index contributed by atoms with van der Waals surface area (Å²) in [5.74, 6) is 1.89. The second-order valence-corrected chi connectivity index (χ2v) is 9.78. The molecule has 1 aliphatic carbocycles. The quantitative estimate of drug-likeness (QED) is 0.522. The largest absolute Gasteiger partial charge is 0.384 e. The summed E-state index contributed by atoms with van der Waals surface area (Å²) in [5, 5.41) is 26.3. The third-order valence-electron chi connectivity index (χ3n) is 6.52. The van der Waals surface area contributed by atoms with Gasteiger partial charge in [0.15, 0.2) is 5.82 Å². The predicted molar refractivity (Wildman–Crippen MR) is 131 cm³/mol. The number of hydrogen-bond acceptors (Lipinski definition) is 8. The van der Waals surface area contributed by atoms with Crippen LogP contribution in [0.5, 0.6) is 0 Å². The van der Waals surface area contributed by atoms with Crippen molar-refractivity contribution in [3.63, 3.8) is 0 Å². The van der Waals surface area contributed by atoms with Gasteiger partial charge in [0.05, 0.1) is 11.9 Å². The molecule has 0 amide bonds. The molecule has 0 radical (unpaired) electrons. The fraction of sp³-hybridized carbons (Fsp3) is 0.385. The van der Waals surface area contributed by atoms with Gasteiger partial charge in [-0.15, -0.1) is 0 Å². The monoisotopic (exact) mass is 455 g/mol. The first-order valence-electron chi connectivity index (χ1n) is 11.7. The number of nitrogens with one attached hydrogen (secondary N) is 2. The standard InChI is InChI=1S/C26H29N7O/c1-26(2,34)21-8-5-9-22(30-21)31-24-19(12-27)13-28-25(32-24)29-20-10-16-6-4-7-17-14-33(3)15-18(11-20)23(16)17/h5,8-11,13,17,34H,4,6-7,14-15H2,1-3H3,(H2,28,29,30,31,32)/t17-/m0/s1. The van der Waals surface area contributed by atoms with E-state index in [0.717, 1.165) is 25.2 Å². The molecule has 5 rings (SSSR count). The van der Waals surface area contributed by atoms with E-state index in [0.29, 0.717) is 34.8 Å². The van der Waals surface area contributed by atoms with Crippen molar-refractivity contribution in [1.82, 2.24) is 19.9 Å². The summed E-state index contributed by atoms with van der Waals surface area (Å²) >= 11 is 0. The summed E-state index contributed by atoms with van der Waals surface area (Å²) in [7, 11) is 2.18. The van der Waals surface area contributed by atoms with E-state index in [4.69, 9.17) is 0 Å². The Kier molecular flexibility index (Phi) is 5.68. The Hall–Kier alpha value is -3.54. The van der Waals surface area contributed by atoms with Gasteiger partial charge in [-0.2, -0.15) is 10.2 Å². The topological polar surface area (TPSA) is 110 Å². The van der Waals surface area contributed by atoms with Gasteiger partial charge in [-0.3, -0.25) is 0 Å². The minimum Gasteiger partial charge on any atom is -0.384 e. The number of aromatic nitrogens is 3. The molecule has 0 unspecified atom stereocenters. The molecular formula is C26H29N7O. The molecule has 1 atom stereocenters. The zero-order valence-electron chi connectivity index (χ0n) is 19.8. The molecule has 3 heterocycles. The summed E-state index contributed by atoms with van der Waals surface area (Å²) < 4.78 is 0. The first kappa shape index (κ1) is 22.3. The number of nitriles is 1. The molecule has 1 aromatic carbocycles. The van der Waals surface area contributed by atoms with Crippen molar-refractivity contribution < 1.29 is 5.11 Å². The molecule has 2 aromatic heterocycles. The average molecular weight is 456 g/mol. The van der Waals surface area contributed by atoms with Crippen LogP contribution in [0.15, 0.2) is 36.5 Å². The number of aliphatic hydroxyl groups is 1. The molecule has 3 N–H and O–H groups in total. The molecule has 34 heavy (non-hydrogen) atoms. The van der Waals surface area contributed by atoms with Crippen molar-refractivity contribution in [3.8, 4) is 6.07 Å². The van der Waals surface area contributed by atoms with E-state index >= 15 is 0 Å². The van der Waals surface area contributed by atoms with Crippen molar-refractivity contribution in [2.75, 3.05) is 24.2 Å². The van der Waals surface area contributed by atoms with E-state index in [2.05, 4.69) is 55.7 Å². The molecule has 0 saturated heterocycles. The van der Waals surface area contributed by atoms with Gasteiger partial charge in [0, 0.05) is 18.8 Å². The molecular weight excluding hydrogens is 426 g/mol. The van der Waals surface area contributed by atoms with Crippen LogP contribution in [0.1, 0.15) is 60.6 Å². The van der Waals surface area contributed by atoms with Crippen molar-refractivity contribution in [2.45, 2.75) is 51.2 Å². The highest BCUT2D eigenvalue weighted by atomic mass is 16.3. The van der Waals surface area contributed by atoms with Crippen LogP contribution in [0.3, 0.4) is 0 Å². The van der Waals surface area contributed by atoms with Crippen LogP contribution in [0.2, 0.25) is 0 Å². The lowest BCUT2D eigenvalue weighted by Gasteiger charge is -2.37. The predicted octanol–water partition coefficient (Wildman–Crippen LogP) is 4.32. The smallest absolute Gasteiger partial charge is 0.229 e. The Bertz CT molecular complexity index is 1280. The summed E-state index contributed by atoms with van der Waals surface area (Å²) in [6.07, 6.45) is 5.08. The van der Waals surface area contributed by atoms with Crippen LogP contribution < -0.4 is 10.6 Å². The van der Waals surface area contributed by atoms with Gasteiger partial charge in [0.25, 0.3) is 0 Å². The third-order valence-corrected chi connectivity index (χ3v) is 6.52. The highest BCUT2D eigenvalue weighted by Gasteiger charge is 2.29. The average Bonchev–Trinajstić information content (AvgIpc) is 2.79. The second-order valence-electron chi connectivity index (χ2n) is 9.78. The number of aryl methyl sites for hydroxylation is 1. The zero-order valence-corrected chi connectivity index (χ0v) is 19.8. The van der Waals surface area contributed by atoms with Gasteiger partial charge >= 0.3 is 0 Å². The van der Waals surface area contributed by atoms with Gasteiger partial charge in [0.2, 0.25) is 5.95 Å². The minimum absolute atomic E-state index is 0.311. The molecule has 174 valence electrons. The maximum atomic E-state index is 10.3. The molecule has 3 aromatic rings. The van der Waals surface area contributed by atoms with Crippen LogP contribution in [-0.2, 0) is 18.6 Å². The summed E-state index contributed by atoms with van der Waals surface area (Å²) in [5.41, 5.74) is 5.05. The first-order chi connectivity index (χ1) is 16.3. The highest BCUT2D eigenvalue weighted by molar-refractivity contribution is 5.65. The lowest BCUT2D eigenvalue weighted by Crippen LogP contribution is -2.33. The minimum atomic E-state index is -1.08. The van der Waals surface area contributed by atoms with E-state index in [9.17, 15) is 10.4 Å². The van der Waals surface area contributed by atoms with Gasteiger partial charge in [-0.1, -0.05) is 6.07 Å². The number of likely N-dealkylation sites (N-methyl/N-ethyl adjacent to an activating group) is 1. The van der Waals surface area contributed by atoms with Crippen molar-refractivity contribution in [2.24, 2.45) is 0 Å². The lowest BCUT2D eigenvalue weighted by atomic mass is 9.77. The van der Waals surface area contributed by atoms with Crippen molar-refractivity contribution >= 4 is 23.3 Å². The zero-order chi connectivity index (χ0) is 23.9. The second kappa shape index (κ2) is 8.67. The normalized spacial score (nSPS) is 17.6. The number of rotatable bonds is 5. The van der Waals surface area contributed by atoms with Crippen LogP contribution in [0.4, 0.5) is 23.3 Å². The van der Waals surface area contributed by atoms with Gasteiger partial charge < -0.3 is 20.6 Å². The maximum Gasteiger partial charge on any atom is 0.229 e. The van der Waals surface area contributed by atoms with Crippen LogP contribution >= 0.6 is 0 Å². The Morgan fingerprint density at radius 3 is 2.79 bits per heavy atom. The first-order valence-corrected chi connectivity index (χ1v) is 11.7. The molecule has 8 nitrogen and oxygen atoms in total. The van der Waals surface area contributed by atoms with Gasteiger partial charge in [-0.25, -0.2) is 9.97 Å². The summed E-state index contributed by atoms with van der Waals surface area (Å²) in [6, 6.07) is 11.9. The third kappa shape index (κ3) is 4.45. The van der Waals surface area contributed by atoms with Gasteiger partial charge in [0.1, 0.15) is 23.1 Å². The number of nitrogens with zero attached hydrogens (tertiary/aromatic N) is 5. The SMILES string of the molecule is CN1Cc2cc(Nc3ncc(C#N)c(Nc4cccc(C(C)(C)O)n4)n3)cc3c2[C@@H](CCC3)C1. The molecule has 2 aliphatic rings. The Morgan fingerprint density at radius 2 is 2.00 bits per heavy atom. The van der Waals surface area contributed by atoms with Crippen molar-refractivity contribution in [1.29, 1.82) is 5.26 Å².